The smallest absolute Gasteiger partial charge is 0.233 e. The monoisotopic (exact) mass is 422 g/mol. The molecule has 0 saturated carbocycles. The van der Waals surface area contributed by atoms with E-state index in [9.17, 15) is 9.90 Å². The predicted molar refractivity (Wildman–Crippen MR) is 119 cm³/mol. The van der Waals surface area contributed by atoms with Crippen molar-refractivity contribution in [3.05, 3.63) is 54.6 Å². The molecule has 156 valence electrons. The highest BCUT2D eigenvalue weighted by Crippen LogP contribution is 2.33. The van der Waals surface area contributed by atoms with Gasteiger partial charge >= 0.3 is 0 Å². The van der Waals surface area contributed by atoms with Gasteiger partial charge in [0.15, 0.2) is 11.0 Å². The molecule has 2 heterocycles. The summed E-state index contributed by atoms with van der Waals surface area (Å²) in [4.78, 5) is 14.8. The minimum atomic E-state index is 0.130. The molecule has 1 amide bonds. The third-order valence-electron chi connectivity index (χ3n) is 5.34. The number of phenols is 1. The average Bonchev–Trinajstić information content (AvgIpc) is 3.16. The van der Waals surface area contributed by atoms with E-state index in [0.29, 0.717) is 34.1 Å². The summed E-state index contributed by atoms with van der Waals surface area (Å²) < 4.78 is 1.90. The van der Waals surface area contributed by atoms with E-state index in [0.717, 1.165) is 18.8 Å². The topological polar surface area (TPSA) is 71.2 Å². The Labute approximate surface area is 180 Å². The second kappa shape index (κ2) is 8.92. The maximum absolute atomic E-state index is 12.8. The van der Waals surface area contributed by atoms with Gasteiger partial charge in [0.25, 0.3) is 0 Å². The van der Waals surface area contributed by atoms with Crippen molar-refractivity contribution in [2.75, 3.05) is 18.8 Å². The van der Waals surface area contributed by atoms with Crippen LogP contribution in [-0.2, 0) is 4.79 Å². The lowest BCUT2D eigenvalue weighted by Gasteiger charge is -2.34. The number of benzene rings is 2. The van der Waals surface area contributed by atoms with Crippen LogP contribution in [0.4, 0.5) is 0 Å². The zero-order chi connectivity index (χ0) is 21.1. The van der Waals surface area contributed by atoms with Crippen molar-refractivity contribution in [2.24, 2.45) is 11.8 Å². The van der Waals surface area contributed by atoms with Crippen LogP contribution in [0.5, 0.6) is 5.75 Å². The molecule has 7 heteroatoms. The second-order valence-corrected chi connectivity index (χ2v) is 8.97. The number of carbonyl (C=O) groups is 1. The third-order valence-corrected chi connectivity index (χ3v) is 6.25. The summed E-state index contributed by atoms with van der Waals surface area (Å²) in [6.45, 7) is 6.04. The Hall–Kier alpha value is -2.80. The van der Waals surface area contributed by atoms with Crippen LogP contribution in [0.15, 0.2) is 59.8 Å². The van der Waals surface area contributed by atoms with Gasteiger partial charge in [0.05, 0.1) is 11.3 Å². The maximum atomic E-state index is 12.8. The molecule has 1 aromatic heterocycles. The van der Waals surface area contributed by atoms with Gasteiger partial charge in [-0.05, 0) is 42.5 Å². The molecule has 0 bridgehead atoms. The number of aromatic hydroxyl groups is 1. The maximum Gasteiger partial charge on any atom is 0.233 e. The lowest BCUT2D eigenvalue weighted by Crippen LogP contribution is -2.43. The van der Waals surface area contributed by atoms with Gasteiger partial charge in [0.1, 0.15) is 5.75 Å². The average molecular weight is 423 g/mol. The molecule has 6 nitrogen and oxygen atoms in total. The number of thioether (sulfide) groups is 1. The molecule has 30 heavy (non-hydrogen) atoms. The molecule has 1 saturated heterocycles. The number of likely N-dealkylation sites (tertiary alicyclic amines) is 1. The van der Waals surface area contributed by atoms with Crippen molar-refractivity contribution in [1.82, 2.24) is 19.7 Å². The number of carbonyl (C=O) groups excluding carboxylic acids is 1. The zero-order valence-corrected chi connectivity index (χ0v) is 18.0. The number of nitrogens with zero attached hydrogens (tertiary/aromatic N) is 4. The summed E-state index contributed by atoms with van der Waals surface area (Å²) in [7, 11) is 0. The van der Waals surface area contributed by atoms with Gasteiger partial charge in [-0.25, -0.2) is 0 Å². The SMILES string of the molecule is C[C@H]1C[C@H](C)CN(C(=O)CSc2nnc(-c3ccccc3O)n2-c2ccccc2)C1. The summed E-state index contributed by atoms with van der Waals surface area (Å²) in [6, 6.07) is 16.8. The Balaban J connectivity index is 1.61. The van der Waals surface area contributed by atoms with Gasteiger partial charge in [-0.1, -0.05) is 55.9 Å². The molecule has 1 aliphatic heterocycles. The minimum Gasteiger partial charge on any atom is -0.507 e. The molecule has 0 aliphatic carbocycles. The van der Waals surface area contributed by atoms with Gasteiger partial charge in [-0.2, -0.15) is 0 Å². The Morgan fingerprint density at radius 1 is 1.03 bits per heavy atom. The normalized spacial score (nSPS) is 19.1. The molecule has 1 N–H and O–H groups in total. The van der Waals surface area contributed by atoms with Crippen LogP contribution >= 0.6 is 11.8 Å². The van der Waals surface area contributed by atoms with E-state index in [-0.39, 0.29) is 11.7 Å². The van der Waals surface area contributed by atoms with Gasteiger partial charge in [-0.3, -0.25) is 9.36 Å². The first-order valence-electron chi connectivity index (χ1n) is 10.2. The minimum absolute atomic E-state index is 0.130. The molecule has 1 fully saturated rings. The van der Waals surface area contributed by atoms with E-state index >= 15 is 0 Å². The van der Waals surface area contributed by atoms with Gasteiger partial charge in [-0.15, -0.1) is 10.2 Å². The van der Waals surface area contributed by atoms with Crippen molar-refractivity contribution < 1.29 is 9.90 Å². The highest BCUT2D eigenvalue weighted by atomic mass is 32.2. The Bertz CT molecular complexity index is 1010. The number of rotatable bonds is 5. The van der Waals surface area contributed by atoms with Crippen LogP contribution in [0.25, 0.3) is 17.1 Å². The van der Waals surface area contributed by atoms with E-state index in [4.69, 9.17) is 0 Å². The summed E-state index contributed by atoms with van der Waals surface area (Å²) in [5.74, 6) is 2.20. The van der Waals surface area contributed by atoms with Crippen molar-refractivity contribution in [3.8, 4) is 22.8 Å². The number of aromatic nitrogens is 3. The molecule has 2 aromatic carbocycles. The van der Waals surface area contributed by atoms with Crippen LogP contribution in [0.2, 0.25) is 0 Å². The Morgan fingerprint density at radius 2 is 1.70 bits per heavy atom. The summed E-state index contributed by atoms with van der Waals surface area (Å²) in [5.41, 5.74) is 1.49. The molecule has 4 rings (SSSR count). The lowest BCUT2D eigenvalue weighted by molar-refractivity contribution is -0.130. The van der Waals surface area contributed by atoms with Crippen molar-refractivity contribution in [3.63, 3.8) is 0 Å². The number of hydrogen-bond acceptors (Lipinski definition) is 5. The van der Waals surface area contributed by atoms with Gasteiger partial charge in [0.2, 0.25) is 5.91 Å². The molecular weight excluding hydrogens is 396 g/mol. The fourth-order valence-corrected chi connectivity index (χ4v) is 4.95. The van der Waals surface area contributed by atoms with Crippen molar-refractivity contribution in [2.45, 2.75) is 25.4 Å². The Kier molecular flexibility index (Phi) is 6.08. The summed E-state index contributed by atoms with van der Waals surface area (Å²) >= 11 is 1.38. The second-order valence-electron chi connectivity index (χ2n) is 8.03. The lowest BCUT2D eigenvalue weighted by atomic mass is 9.92. The van der Waals surface area contributed by atoms with E-state index in [1.807, 2.05) is 51.9 Å². The standard InChI is InChI=1S/C23H26N4O2S/c1-16-12-17(2)14-26(13-16)21(29)15-30-23-25-24-22(19-10-6-7-11-20(19)28)27(23)18-8-4-3-5-9-18/h3-11,16-17,28H,12-15H2,1-2H3/t16-,17-/m0/s1. The first-order chi connectivity index (χ1) is 14.5. The van der Waals surface area contributed by atoms with Crippen molar-refractivity contribution >= 4 is 17.7 Å². The van der Waals surface area contributed by atoms with Crippen LogP contribution in [-0.4, -0.2) is 49.5 Å². The fraction of sp³-hybridized carbons (Fsp3) is 0.348. The van der Waals surface area contributed by atoms with E-state index in [2.05, 4.69) is 24.0 Å². The first-order valence-corrected chi connectivity index (χ1v) is 11.2. The zero-order valence-electron chi connectivity index (χ0n) is 17.2. The summed E-state index contributed by atoms with van der Waals surface area (Å²) in [5, 5.41) is 19.7. The molecule has 3 aromatic rings. The fourth-order valence-electron chi connectivity index (χ4n) is 4.09. The molecule has 0 spiro atoms. The third kappa shape index (κ3) is 4.36. The van der Waals surface area contributed by atoms with E-state index < -0.39 is 0 Å². The molecule has 0 unspecified atom stereocenters. The van der Waals surface area contributed by atoms with E-state index in [1.165, 1.54) is 18.2 Å². The molecular formula is C23H26N4O2S. The van der Waals surface area contributed by atoms with Crippen LogP contribution in [0.3, 0.4) is 0 Å². The molecule has 1 aliphatic rings. The van der Waals surface area contributed by atoms with Crippen LogP contribution < -0.4 is 0 Å². The van der Waals surface area contributed by atoms with Crippen LogP contribution in [0.1, 0.15) is 20.3 Å². The molecule has 2 atom stereocenters. The van der Waals surface area contributed by atoms with Gasteiger partial charge in [0, 0.05) is 18.8 Å². The highest BCUT2D eigenvalue weighted by molar-refractivity contribution is 7.99. The van der Waals surface area contributed by atoms with Gasteiger partial charge < -0.3 is 10.0 Å². The number of phenolic OH excluding ortho intramolecular Hbond substituents is 1. The van der Waals surface area contributed by atoms with Crippen molar-refractivity contribution in [1.29, 1.82) is 0 Å². The largest absolute Gasteiger partial charge is 0.507 e. The number of amides is 1. The Morgan fingerprint density at radius 3 is 2.40 bits per heavy atom. The van der Waals surface area contributed by atoms with Crippen LogP contribution in [0, 0.1) is 11.8 Å². The summed E-state index contributed by atoms with van der Waals surface area (Å²) in [6.07, 6.45) is 1.17. The van der Waals surface area contributed by atoms with E-state index in [1.54, 1.807) is 12.1 Å². The number of piperidine rings is 1. The number of para-hydroxylation sites is 2. The predicted octanol–water partition coefficient (Wildman–Crippen LogP) is 4.24. The molecule has 0 radical (unpaired) electrons. The first kappa shape index (κ1) is 20.5. The number of hydrogen-bond donors (Lipinski definition) is 1. The quantitative estimate of drug-likeness (QED) is 0.623. The highest BCUT2D eigenvalue weighted by Gasteiger charge is 2.26.